The van der Waals surface area contributed by atoms with Crippen LogP contribution in [0, 0.1) is 0 Å². The summed E-state index contributed by atoms with van der Waals surface area (Å²) in [7, 11) is 0. The molecular formula is C9H17N4+. The fourth-order valence-electron chi connectivity index (χ4n) is 1.28. The standard InChI is InChI=1S/C9H16N4/c1-2-3-4-5-6-7-8-11-9(10)13-12-8/h10H,2-7H2,1H3/p+1. The number of rotatable bonds is 6. The summed E-state index contributed by atoms with van der Waals surface area (Å²) in [4.78, 5) is 3.98. The third-order valence-electron chi connectivity index (χ3n) is 2.02. The second-order valence-electron chi connectivity index (χ2n) is 3.25. The van der Waals surface area contributed by atoms with Gasteiger partial charge in [0.15, 0.2) is 0 Å². The molecule has 0 aromatic carbocycles. The molecule has 0 aliphatic carbocycles. The van der Waals surface area contributed by atoms with Gasteiger partial charge in [-0.05, 0) is 16.5 Å². The highest BCUT2D eigenvalue weighted by Gasteiger charge is 2.15. The van der Waals surface area contributed by atoms with E-state index >= 15 is 0 Å². The smallest absolute Gasteiger partial charge is 0.283 e. The predicted octanol–water partition coefficient (Wildman–Crippen LogP) is 1.33. The number of hydrogen-bond acceptors (Lipinski definition) is 1. The Kier molecular flexibility index (Phi) is 4.29. The summed E-state index contributed by atoms with van der Waals surface area (Å²) in [5, 5.41) is 12.8. The zero-order valence-corrected chi connectivity index (χ0v) is 8.16. The van der Waals surface area contributed by atoms with Gasteiger partial charge in [0.25, 0.3) is 0 Å². The highest BCUT2D eigenvalue weighted by Crippen LogP contribution is 2.08. The maximum atomic E-state index is 5.35. The van der Waals surface area contributed by atoms with Crippen LogP contribution in [0.5, 0.6) is 0 Å². The van der Waals surface area contributed by atoms with Crippen LogP contribution in [-0.4, -0.2) is 11.8 Å². The van der Waals surface area contributed by atoms with E-state index in [9.17, 15) is 0 Å². The molecule has 1 aliphatic heterocycles. The van der Waals surface area contributed by atoms with Gasteiger partial charge in [-0.25, -0.2) is 0 Å². The highest BCUT2D eigenvalue weighted by molar-refractivity contribution is 5.98. The fraction of sp³-hybridized carbons (Fsp3) is 0.778. The molecule has 4 heteroatoms. The van der Waals surface area contributed by atoms with Crippen molar-refractivity contribution in [3.8, 4) is 0 Å². The number of azo groups is 1. The van der Waals surface area contributed by atoms with Gasteiger partial charge < -0.3 is 0 Å². The summed E-state index contributed by atoms with van der Waals surface area (Å²) >= 11 is 0. The molecular weight excluding hydrogens is 164 g/mol. The SMILES string of the molecule is CCCCCCCC1=NC(=[NH2+])N=N1. The van der Waals surface area contributed by atoms with E-state index in [0.717, 1.165) is 18.7 Å². The van der Waals surface area contributed by atoms with Crippen LogP contribution >= 0.6 is 0 Å². The van der Waals surface area contributed by atoms with E-state index in [0.29, 0.717) is 5.96 Å². The van der Waals surface area contributed by atoms with Gasteiger partial charge in [-0.15, -0.1) is 0 Å². The van der Waals surface area contributed by atoms with Gasteiger partial charge in [-0.3, -0.25) is 5.41 Å². The summed E-state index contributed by atoms with van der Waals surface area (Å²) in [5.41, 5.74) is 0. The molecule has 72 valence electrons. The quantitative estimate of drug-likeness (QED) is 0.601. The van der Waals surface area contributed by atoms with Gasteiger partial charge in [-0.1, -0.05) is 32.6 Å². The van der Waals surface area contributed by atoms with E-state index in [1.807, 2.05) is 0 Å². The zero-order chi connectivity index (χ0) is 9.52. The Morgan fingerprint density at radius 3 is 2.46 bits per heavy atom. The third kappa shape index (κ3) is 3.92. The van der Waals surface area contributed by atoms with E-state index in [1.54, 1.807) is 0 Å². The second kappa shape index (κ2) is 5.56. The van der Waals surface area contributed by atoms with E-state index in [4.69, 9.17) is 5.41 Å². The minimum absolute atomic E-state index is 0.295. The van der Waals surface area contributed by atoms with Crippen molar-refractivity contribution in [1.82, 2.24) is 0 Å². The van der Waals surface area contributed by atoms with Crippen LogP contribution in [0.1, 0.15) is 45.4 Å². The Labute approximate surface area is 78.7 Å². The van der Waals surface area contributed by atoms with Gasteiger partial charge in [0.05, 0.1) is 5.11 Å². The number of aliphatic imine (C=N–C) groups is 1. The van der Waals surface area contributed by atoms with Crippen molar-refractivity contribution in [3.05, 3.63) is 0 Å². The van der Waals surface area contributed by atoms with E-state index in [1.165, 1.54) is 25.7 Å². The molecule has 0 spiro atoms. The molecule has 1 rings (SSSR count). The molecule has 0 fully saturated rings. The minimum Gasteiger partial charge on any atom is -0.283 e. The third-order valence-corrected chi connectivity index (χ3v) is 2.02. The Morgan fingerprint density at radius 2 is 1.85 bits per heavy atom. The summed E-state index contributed by atoms with van der Waals surface area (Å²) < 4.78 is 0. The molecule has 0 atom stereocenters. The number of unbranched alkanes of at least 4 members (excludes halogenated alkanes) is 4. The Bertz CT molecular complexity index is 230. The molecule has 1 heterocycles. The Hall–Kier alpha value is -1.06. The maximum Gasteiger partial charge on any atom is 0.448 e. The van der Waals surface area contributed by atoms with Crippen LogP contribution in [-0.2, 0) is 0 Å². The van der Waals surface area contributed by atoms with Crippen LogP contribution in [0.4, 0.5) is 0 Å². The van der Waals surface area contributed by atoms with Crippen LogP contribution in [0.3, 0.4) is 0 Å². The summed E-state index contributed by atoms with van der Waals surface area (Å²) in [6.07, 6.45) is 7.21. The summed E-state index contributed by atoms with van der Waals surface area (Å²) in [6, 6.07) is 0. The number of nitrogens with zero attached hydrogens (tertiary/aromatic N) is 3. The average molecular weight is 181 g/mol. The molecule has 0 aromatic heterocycles. The largest absolute Gasteiger partial charge is 0.448 e. The molecule has 0 amide bonds. The van der Waals surface area contributed by atoms with Crippen molar-refractivity contribution in [1.29, 1.82) is 0 Å². The Balaban J connectivity index is 2.04. The molecule has 13 heavy (non-hydrogen) atoms. The molecule has 0 saturated carbocycles. The molecule has 4 nitrogen and oxygen atoms in total. The average Bonchev–Trinajstić information content (AvgIpc) is 2.51. The molecule has 0 saturated heterocycles. The van der Waals surface area contributed by atoms with Crippen molar-refractivity contribution in [2.45, 2.75) is 45.4 Å². The molecule has 0 aromatic rings. The van der Waals surface area contributed by atoms with Crippen LogP contribution in [0.25, 0.3) is 0 Å². The van der Waals surface area contributed by atoms with Crippen molar-refractivity contribution in [2.24, 2.45) is 15.2 Å². The van der Waals surface area contributed by atoms with Crippen LogP contribution in [0.2, 0.25) is 0 Å². The summed E-state index contributed by atoms with van der Waals surface area (Å²) in [5.74, 6) is 1.08. The van der Waals surface area contributed by atoms with E-state index in [-0.39, 0.29) is 0 Å². The van der Waals surface area contributed by atoms with Gasteiger partial charge in [0.1, 0.15) is 0 Å². The first-order valence-electron chi connectivity index (χ1n) is 4.94. The van der Waals surface area contributed by atoms with Crippen LogP contribution < -0.4 is 5.41 Å². The van der Waals surface area contributed by atoms with Gasteiger partial charge in [0.2, 0.25) is 5.84 Å². The second-order valence-corrected chi connectivity index (χ2v) is 3.25. The minimum atomic E-state index is 0.295. The first-order valence-corrected chi connectivity index (χ1v) is 4.94. The number of amidine groups is 1. The molecule has 0 unspecified atom stereocenters. The zero-order valence-electron chi connectivity index (χ0n) is 8.16. The lowest BCUT2D eigenvalue weighted by Gasteiger charge is -1.95. The first kappa shape index (κ1) is 10.0. The lowest BCUT2D eigenvalue weighted by Crippen LogP contribution is -2.36. The molecule has 0 radical (unpaired) electrons. The van der Waals surface area contributed by atoms with Gasteiger partial charge in [-0.2, -0.15) is 0 Å². The van der Waals surface area contributed by atoms with E-state index in [2.05, 4.69) is 22.1 Å². The first-order chi connectivity index (χ1) is 6.33. The topological polar surface area (TPSA) is 62.7 Å². The number of hydrogen-bond donors (Lipinski definition) is 1. The van der Waals surface area contributed by atoms with Crippen molar-refractivity contribution >= 4 is 11.8 Å². The maximum absolute atomic E-state index is 5.35. The van der Waals surface area contributed by atoms with Crippen LogP contribution in [0.15, 0.2) is 15.2 Å². The fourth-order valence-corrected chi connectivity index (χ4v) is 1.28. The Morgan fingerprint density at radius 1 is 1.08 bits per heavy atom. The summed E-state index contributed by atoms with van der Waals surface area (Å²) in [6.45, 7) is 2.21. The molecule has 2 N–H and O–H groups in total. The molecule has 0 bridgehead atoms. The number of guanidine groups is 1. The van der Waals surface area contributed by atoms with Crippen molar-refractivity contribution in [3.63, 3.8) is 0 Å². The predicted molar refractivity (Wildman–Crippen MR) is 52.6 cm³/mol. The van der Waals surface area contributed by atoms with Crippen molar-refractivity contribution in [2.75, 3.05) is 0 Å². The lowest BCUT2D eigenvalue weighted by molar-refractivity contribution is -0.116. The van der Waals surface area contributed by atoms with E-state index < -0.39 is 0 Å². The highest BCUT2D eigenvalue weighted by atomic mass is 15.3. The lowest BCUT2D eigenvalue weighted by atomic mass is 10.1. The number of nitrogens with two attached hydrogens (primary N) is 1. The monoisotopic (exact) mass is 181 g/mol. The van der Waals surface area contributed by atoms with Gasteiger partial charge in [0, 0.05) is 6.42 Å². The van der Waals surface area contributed by atoms with Gasteiger partial charge >= 0.3 is 5.96 Å². The molecule has 1 aliphatic rings. The van der Waals surface area contributed by atoms with Crippen molar-refractivity contribution < 1.29 is 5.41 Å². The normalized spacial score (nSPS) is 15.2.